The summed E-state index contributed by atoms with van der Waals surface area (Å²) in [7, 11) is 0. The number of carboxylic acids is 1. The Morgan fingerprint density at radius 3 is 2.10 bits per heavy atom. The molecular weight excluding hydrogens is 256 g/mol. The number of amides is 1. The van der Waals surface area contributed by atoms with Crippen LogP contribution in [0.25, 0.3) is 0 Å². The maximum Gasteiger partial charge on any atom is 0.326 e. The van der Waals surface area contributed by atoms with E-state index in [0.29, 0.717) is 18.5 Å². The van der Waals surface area contributed by atoms with E-state index >= 15 is 0 Å². The molecule has 1 aliphatic heterocycles. The van der Waals surface area contributed by atoms with Gasteiger partial charge in [0.05, 0.1) is 6.04 Å². The minimum absolute atomic E-state index is 0.182. The summed E-state index contributed by atoms with van der Waals surface area (Å²) in [5.41, 5.74) is 0. The van der Waals surface area contributed by atoms with Gasteiger partial charge in [0.15, 0.2) is 0 Å². The molecule has 0 aliphatic carbocycles. The average Bonchev–Trinajstić information content (AvgIpc) is 2.66. The van der Waals surface area contributed by atoms with Crippen molar-refractivity contribution in [2.75, 3.05) is 0 Å². The molecule has 0 radical (unpaired) electrons. The first kappa shape index (κ1) is 17.0. The van der Waals surface area contributed by atoms with Crippen LogP contribution in [0.1, 0.15) is 53.9 Å². The highest BCUT2D eigenvalue weighted by Crippen LogP contribution is 2.26. The third-order valence-electron chi connectivity index (χ3n) is 4.17. The molecular formula is C15H28N2O3. The molecule has 1 aliphatic rings. The topological polar surface area (TPSA) is 69.6 Å². The van der Waals surface area contributed by atoms with Crippen LogP contribution in [0.3, 0.4) is 0 Å². The first-order chi connectivity index (χ1) is 9.23. The molecule has 116 valence electrons. The van der Waals surface area contributed by atoms with Gasteiger partial charge in [0.1, 0.15) is 6.04 Å². The van der Waals surface area contributed by atoms with Crippen LogP contribution in [0.5, 0.6) is 0 Å². The van der Waals surface area contributed by atoms with Gasteiger partial charge in [-0.3, -0.25) is 9.69 Å². The number of nitrogens with one attached hydrogen (secondary N) is 1. The van der Waals surface area contributed by atoms with E-state index in [2.05, 4.69) is 24.1 Å². The van der Waals surface area contributed by atoms with E-state index < -0.39 is 12.0 Å². The Hall–Kier alpha value is -1.10. The molecule has 4 atom stereocenters. The van der Waals surface area contributed by atoms with E-state index in [9.17, 15) is 14.7 Å². The molecule has 0 spiro atoms. The highest BCUT2D eigenvalue weighted by atomic mass is 16.4. The average molecular weight is 284 g/mol. The molecule has 1 amide bonds. The van der Waals surface area contributed by atoms with Gasteiger partial charge in [-0.05, 0) is 46.0 Å². The third kappa shape index (κ3) is 4.20. The lowest BCUT2D eigenvalue weighted by Crippen LogP contribution is -2.53. The summed E-state index contributed by atoms with van der Waals surface area (Å²) in [5, 5.41) is 11.9. The number of hydrogen-bond donors (Lipinski definition) is 2. The first-order valence-corrected chi connectivity index (χ1v) is 7.54. The van der Waals surface area contributed by atoms with Gasteiger partial charge in [0, 0.05) is 12.1 Å². The van der Waals surface area contributed by atoms with Gasteiger partial charge in [0.25, 0.3) is 0 Å². The molecule has 1 heterocycles. The van der Waals surface area contributed by atoms with Crippen LogP contribution in [-0.2, 0) is 9.59 Å². The number of aliphatic carboxylic acids is 1. The molecule has 5 heteroatoms. The Labute approximate surface area is 121 Å². The normalized spacial score (nSPS) is 26.5. The van der Waals surface area contributed by atoms with Gasteiger partial charge in [-0.2, -0.15) is 0 Å². The number of carboxylic acid groups (broad SMARTS) is 1. The van der Waals surface area contributed by atoms with Crippen molar-refractivity contribution < 1.29 is 14.7 Å². The van der Waals surface area contributed by atoms with Crippen LogP contribution in [0.15, 0.2) is 0 Å². The molecule has 0 bridgehead atoms. The van der Waals surface area contributed by atoms with Gasteiger partial charge in [-0.25, -0.2) is 4.79 Å². The highest BCUT2D eigenvalue weighted by molar-refractivity contribution is 5.86. The minimum atomic E-state index is -0.957. The van der Waals surface area contributed by atoms with Gasteiger partial charge in [0.2, 0.25) is 5.91 Å². The first-order valence-electron chi connectivity index (χ1n) is 7.54. The zero-order chi connectivity index (χ0) is 15.4. The van der Waals surface area contributed by atoms with Crippen molar-refractivity contribution in [2.24, 2.45) is 5.92 Å². The molecule has 3 unspecified atom stereocenters. The quantitative estimate of drug-likeness (QED) is 0.781. The third-order valence-corrected chi connectivity index (χ3v) is 4.17. The molecule has 2 N–H and O–H groups in total. The van der Waals surface area contributed by atoms with Crippen molar-refractivity contribution >= 4 is 11.9 Å². The summed E-state index contributed by atoms with van der Waals surface area (Å²) in [6, 6.07) is -0.326. The predicted octanol–water partition coefficient (Wildman–Crippen LogP) is 1.86. The Bertz CT molecular complexity index is 347. The van der Waals surface area contributed by atoms with Crippen LogP contribution in [-0.4, -0.2) is 46.1 Å². The lowest BCUT2D eigenvalue weighted by Gasteiger charge is -2.32. The highest BCUT2D eigenvalue weighted by Gasteiger charge is 2.35. The molecule has 20 heavy (non-hydrogen) atoms. The Morgan fingerprint density at radius 2 is 1.70 bits per heavy atom. The van der Waals surface area contributed by atoms with E-state index in [4.69, 9.17) is 0 Å². The Balaban J connectivity index is 2.66. The summed E-state index contributed by atoms with van der Waals surface area (Å²) in [6.45, 7) is 10.0. The Morgan fingerprint density at radius 1 is 1.20 bits per heavy atom. The molecule has 0 aromatic heterocycles. The summed E-state index contributed by atoms with van der Waals surface area (Å²) in [6.07, 6.45) is 2.64. The SMILES string of the molecule is CC(C)C[C@@H](NC(=O)C(C)N1C(C)CCC1C)C(=O)O. The fraction of sp³-hybridized carbons (Fsp3) is 0.867. The number of carbonyl (C=O) groups excluding carboxylic acids is 1. The molecule has 0 saturated carbocycles. The lowest BCUT2D eigenvalue weighted by molar-refractivity contribution is -0.143. The van der Waals surface area contributed by atoms with Gasteiger partial charge >= 0.3 is 5.97 Å². The summed E-state index contributed by atoms with van der Waals surface area (Å²) >= 11 is 0. The largest absolute Gasteiger partial charge is 0.480 e. The fourth-order valence-electron chi connectivity index (χ4n) is 3.10. The van der Waals surface area contributed by atoms with Crippen molar-refractivity contribution in [1.29, 1.82) is 0 Å². The lowest BCUT2D eigenvalue weighted by atomic mass is 10.0. The second kappa shape index (κ2) is 7.07. The molecule has 0 aromatic carbocycles. The van der Waals surface area contributed by atoms with Crippen LogP contribution < -0.4 is 5.32 Å². The van der Waals surface area contributed by atoms with Crippen molar-refractivity contribution in [3.63, 3.8) is 0 Å². The smallest absolute Gasteiger partial charge is 0.326 e. The zero-order valence-corrected chi connectivity index (χ0v) is 13.2. The Kier molecular flexibility index (Phi) is 5.99. The summed E-state index contributed by atoms with van der Waals surface area (Å²) in [4.78, 5) is 25.7. The molecule has 1 fully saturated rings. The van der Waals surface area contributed by atoms with Gasteiger partial charge in [-0.15, -0.1) is 0 Å². The standard InChI is InChI=1S/C15H28N2O3/c1-9(2)8-13(15(19)20)16-14(18)12(5)17-10(3)6-7-11(17)4/h9-13H,6-8H2,1-5H3,(H,16,18)(H,19,20)/t10?,11?,12?,13-/m1/s1. The second-order valence-electron chi connectivity index (χ2n) is 6.43. The van der Waals surface area contributed by atoms with Crippen LogP contribution in [0.2, 0.25) is 0 Å². The maximum absolute atomic E-state index is 12.3. The van der Waals surface area contributed by atoms with Crippen molar-refractivity contribution in [3.05, 3.63) is 0 Å². The minimum Gasteiger partial charge on any atom is -0.480 e. The van der Waals surface area contributed by atoms with E-state index in [1.54, 1.807) is 0 Å². The molecule has 0 aromatic rings. The van der Waals surface area contributed by atoms with Crippen molar-refractivity contribution in [3.8, 4) is 0 Å². The molecule has 5 nitrogen and oxygen atoms in total. The van der Waals surface area contributed by atoms with Gasteiger partial charge < -0.3 is 10.4 Å². The number of rotatable bonds is 6. The molecule has 1 saturated heterocycles. The maximum atomic E-state index is 12.3. The van der Waals surface area contributed by atoms with Crippen molar-refractivity contribution in [2.45, 2.75) is 78.0 Å². The predicted molar refractivity (Wildman–Crippen MR) is 78.5 cm³/mol. The van der Waals surface area contributed by atoms with Crippen molar-refractivity contribution in [1.82, 2.24) is 10.2 Å². The summed E-state index contributed by atoms with van der Waals surface area (Å²) in [5.74, 6) is -0.906. The van der Waals surface area contributed by atoms with Crippen LogP contribution >= 0.6 is 0 Å². The van der Waals surface area contributed by atoms with E-state index in [1.165, 1.54) is 0 Å². The van der Waals surface area contributed by atoms with Gasteiger partial charge in [-0.1, -0.05) is 13.8 Å². The molecule has 1 rings (SSSR count). The van der Waals surface area contributed by atoms with E-state index in [1.807, 2.05) is 20.8 Å². The van der Waals surface area contributed by atoms with E-state index in [0.717, 1.165) is 12.8 Å². The number of hydrogen-bond acceptors (Lipinski definition) is 3. The number of likely N-dealkylation sites (tertiary alicyclic amines) is 1. The monoisotopic (exact) mass is 284 g/mol. The van der Waals surface area contributed by atoms with Crippen LogP contribution in [0, 0.1) is 5.92 Å². The number of nitrogens with zero attached hydrogens (tertiary/aromatic N) is 1. The summed E-state index contributed by atoms with van der Waals surface area (Å²) < 4.78 is 0. The number of carbonyl (C=O) groups is 2. The fourth-order valence-corrected chi connectivity index (χ4v) is 3.10. The van der Waals surface area contributed by atoms with E-state index in [-0.39, 0.29) is 17.9 Å². The zero-order valence-electron chi connectivity index (χ0n) is 13.2. The van der Waals surface area contributed by atoms with Crippen LogP contribution in [0.4, 0.5) is 0 Å². The second-order valence-corrected chi connectivity index (χ2v) is 6.43.